The lowest BCUT2D eigenvalue weighted by atomic mass is 9.87. The van der Waals surface area contributed by atoms with E-state index in [1.165, 1.54) is 75.4 Å². The van der Waals surface area contributed by atoms with Gasteiger partial charge in [0.05, 0.1) is 12.3 Å². The summed E-state index contributed by atoms with van der Waals surface area (Å²) in [5.74, 6) is -0.669. The summed E-state index contributed by atoms with van der Waals surface area (Å²) in [5.41, 5.74) is 8.57. The molecule has 1 atom stereocenters. The summed E-state index contributed by atoms with van der Waals surface area (Å²) in [5, 5.41) is 27.3. The first kappa shape index (κ1) is 34.3. The molecule has 11 heteroatoms. The number of benzene rings is 2. The van der Waals surface area contributed by atoms with Crippen LogP contribution in [0.3, 0.4) is 0 Å². The molecular formula is C38H46N6O4Si. The summed E-state index contributed by atoms with van der Waals surface area (Å²) in [6.07, 6.45) is 14.4. The number of allylic oxidation sites excluding steroid dienone is 5. The lowest BCUT2D eigenvalue weighted by Gasteiger charge is -2.39. The molecule has 256 valence electrons. The van der Waals surface area contributed by atoms with Gasteiger partial charge >= 0.3 is 5.95 Å². The SMILES string of the molecule is CCCCC/N=C1/C=CC2=C(c3ccc(C(=O)NCC(O)Cn4ccnc4[N+](=O)[O-])cc3C)c3ccc(N4CCCC4)cc3[Si](C)(C)C2=C1. The maximum atomic E-state index is 13.2. The van der Waals surface area contributed by atoms with Crippen LogP contribution in [0.2, 0.25) is 13.1 Å². The van der Waals surface area contributed by atoms with Gasteiger partial charge in [-0.1, -0.05) is 56.1 Å². The molecule has 1 aliphatic carbocycles. The summed E-state index contributed by atoms with van der Waals surface area (Å²) >= 11 is 0. The van der Waals surface area contributed by atoms with Crippen LogP contribution < -0.4 is 15.4 Å². The summed E-state index contributed by atoms with van der Waals surface area (Å²) in [6.45, 7) is 12.1. The molecule has 2 aromatic carbocycles. The number of imidazole rings is 1. The zero-order valence-corrected chi connectivity index (χ0v) is 29.9. The van der Waals surface area contributed by atoms with Crippen molar-refractivity contribution in [1.82, 2.24) is 14.9 Å². The number of hydrogen-bond acceptors (Lipinski definition) is 7. The molecule has 1 amide bonds. The third kappa shape index (κ3) is 7.09. The van der Waals surface area contributed by atoms with E-state index in [-0.39, 0.29) is 24.9 Å². The Morgan fingerprint density at radius 1 is 1.12 bits per heavy atom. The lowest BCUT2D eigenvalue weighted by Crippen LogP contribution is -2.49. The van der Waals surface area contributed by atoms with Crippen molar-refractivity contribution in [2.24, 2.45) is 4.99 Å². The Morgan fingerprint density at radius 3 is 2.63 bits per heavy atom. The minimum Gasteiger partial charge on any atom is -0.390 e. The Hall–Kier alpha value is -4.61. The number of aromatic nitrogens is 2. The van der Waals surface area contributed by atoms with Crippen molar-refractivity contribution in [1.29, 1.82) is 0 Å². The number of rotatable bonds is 12. The van der Waals surface area contributed by atoms with E-state index in [0.29, 0.717) is 5.56 Å². The maximum Gasteiger partial charge on any atom is 0.434 e. The van der Waals surface area contributed by atoms with Crippen LogP contribution in [0, 0.1) is 17.0 Å². The van der Waals surface area contributed by atoms with Crippen LogP contribution in [-0.4, -0.2) is 71.6 Å². The molecular weight excluding hydrogens is 633 g/mol. The molecule has 1 aromatic heterocycles. The highest BCUT2D eigenvalue weighted by atomic mass is 28.3. The predicted octanol–water partition coefficient (Wildman–Crippen LogP) is 5.89. The van der Waals surface area contributed by atoms with Crippen molar-refractivity contribution in [2.45, 2.75) is 71.7 Å². The summed E-state index contributed by atoms with van der Waals surface area (Å²) < 4.78 is 1.26. The fourth-order valence-corrected chi connectivity index (χ4v) is 10.3. The topological polar surface area (TPSA) is 126 Å². The van der Waals surface area contributed by atoms with Gasteiger partial charge in [-0.2, -0.15) is 0 Å². The molecule has 0 saturated carbocycles. The van der Waals surface area contributed by atoms with E-state index in [0.717, 1.165) is 42.9 Å². The summed E-state index contributed by atoms with van der Waals surface area (Å²) in [6, 6.07) is 12.8. The van der Waals surface area contributed by atoms with Crippen LogP contribution >= 0.6 is 0 Å². The maximum absolute atomic E-state index is 13.2. The van der Waals surface area contributed by atoms with Crippen LogP contribution in [0.1, 0.15) is 66.1 Å². The highest BCUT2D eigenvalue weighted by Gasteiger charge is 2.40. The molecule has 3 heterocycles. The number of amides is 1. The Kier molecular flexibility index (Phi) is 10.1. The van der Waals surface area contributed by atoms with Crippen molar-refractivity contribution < 1.29 is 14.8 Å². The number of carbonyl (C=O) groups excluding carboxylic acids is 1. The molecule has 0 bridgehead atoms. The second-order valence-corrected chi connectivity index (χ2v) is 18.1. The van der Waals surface area contributed by atoms with Crippen LogP contribution in [-0.2, 0) is 6.54 Å². The van der Waals surface area contributed by atoms with Crippen molar-refractivity contribution in [3.63, 3.8) is 0 Å². The monoisotopic (exact) mass is 678 g/mol. The van der Waals surface area contributed by atoms with Crippen molar-refractivity contribution in [3.8, 4) is 0 Å². The van der Waals surface area contributed by atoms with Gasteiger partial charge in [-0.25, -0.2) is 4.57 Å². The average Bonchev–Trinajstić information content (AvgIpc) is 3.80. The van der Waals surface area contributed by atoms with Crippen molar-refractivity contribution >= 4 is 42.1 Å². The molecule has 1 unspecified atom stereocenters. The quantitative estimate of drug-likeness (QED) is 0.107. The molecule has 6 rings (SSSR count). The molecule has 0 radical (unpaired) electrons. The summed E-state index contributed by atoms with van der Waals surface area (Å²) in [7, 11) is -2.11. The molecule has 1 saturated heterocycles. The van der Waals surface area contributed by atoms with Gasteiger partial charge in [-0.3, -0.25) is 9.79 Å². The number of fused-ring (bicyclic) bond motifs is 2. The van der Waals surface area contributed by atoms with Gasteiger partial charge < -0.3 is 25.4 Å². The van der Waals surface area contributed by atoms with E-state index in [2.05, 4.69) is 71.6 Å². The Balaban J connectivity index is 1.31. The predicted molar refractivity (Wildman–Crippen MR) is 198 cm³/mol. The second kappa shape index (κ2) is 14.5. The number of hydrogen-bond donors (Lipinski definition) is 2. The molecule has 2 N–H and O–H groups in total. The van der Waals surface area contributed by atoms with E-state index in [9.17, 15) is 20.0 Å². The van der Waals surface area contributed by atoms with Gasteiger partial charge in [-0.15, -0.1) is 0 Å². The first-order chi connectivity index (χ1) is 23.6. The van der Waals surface area contributed by atoms with E-state index in [1.54, 1.807) is 0 Å². The number of aliphatic hydroxyl groups is 1. The number of aryl methyl sites for hydroxylation is 1. The van der Waals surface area contributed by atoms with E-state index in [1.807, 2.05) is 25.1 Å². The van der Waals surface area contributed by atoms with Crippen LogP contribution in [0.4, 0.5) is 11.6 Å². The third-order valence-electron chi connectivity index (χ3n) is 9.94. The van der Waals surface area contributed by atoms with Crippen molar-refractivity contribution in [2.75, 3.05) is 31.1 Å². The first-order valence-corrected chi connectivity index (χ1v) is 20.4. The Labute approximate surface area is 289 Å². The fraction of sp³-hybridized carbons (Fsp3) is 0.395. The molecule has 3 aliphatic rings. The molecule has 10 nitrogen and oxygen atoms in total. The highest BCUT2D eigenvalue weighted by molar-refractivity contribution is 6.98. The van der Waals surface area contributed by atoms with Gasteiger partial charge in [-0.05, 0) is 106 Å². The Morgan fingerprint density at radius 2 is 1.90 bits per heavy atom. The normalized spacial score (nSPS) is 17.9. The number of nitro groups is 1. The third-order valence-corrected chi connectivity index (χ3v) is 13.5. The molecule has 3 aromatic rings. The summed E-state index contributed by atoms with van der Waals surface area (Å²) in [4.78, 5) is 35.0. The molecule has 2 aliphatic heterocycles. The zero-order valence-electron chi connectivity index (χ0n) is 28.9. The Bertz CT molecular complexity index is 1880. The average molecular weight is 679 g/mol. The number of aliphatic hydroxyl groups excluding tert-OH is 1. The van der Waals surface area contributed by atoms with E-state index >= 15 is 0 Å². The minimum atomic E-state index is -2.11. The fourth-order valence-electron chi connectivity index (χ4n) is 7.26. The van der Waals surface area contributed by atoms with Gasteiger partial charge in [0.15, 0.2) is 0 Å². The minimum absolute atomic E-state index is 0.0570. The molecule has 49 heavy (non-hydrogen) atoms. The van der Waals surface area contributed by atoms with E-state index < -0.39 is 19.1 Å². The van der Waals surface area contributed by atoms with Crippen molar-refractivity contribution in [3.05, 3.63) is 110 Å². The molecule has 0 spiro atoms. The largest absolute Gasteiger partial charge is 0.434 e. The standard InChI is InChI=1S/C38H46N6O4Si/c1-5-6-7-16-39-28-11-14-32-34(22-28)49(3,4)35-23-29(42-18-8-9-19-42)12-15-33(35)36(32)31-13-10-27(21-26(31)2)37(46)41-24-30(45)25-43-20-17-40-38(43)44(47)48/h10-15,17,20-23,30,45H,5-9,16,18-19,24-25H2,1-4H3,(H,41,46)/b39-28-. The van der Waals surface area contributed by atoms with E-state index in [4.69, 9.17) is 4.99 Å². The first-order valence-electron chi connectivity index (χ1n) is 17.4. The highest BCUT2D eigenvalue weighted by Crippen LogP contribution is 2.43. The lowest BCUT2D eigenvalue weighted by molar-refractivity contribution is -0.397. The van der Waals surface area contributed by atoms with Crippen LogP contribution in [0.15, 0.2) is 82.8 Å². The van der Waals surface area contributed by atoms with Gasteiger partial charge in [0.1, 0.15) is 26.6 Å². The number of anilines is 1. The number of nitrogens with one attached hydrogen (secondary N) is 1. The zero-order chi connectivity index (χ0) is 34.7. The van der Waals surface area contributed by atoms with Gasteiger partial charge in [0, 0.05) is 37.4 Å². The number of unbranched alkanes of at least 4 members (excludes halogenated alkanes) is 2. The van der Waals surface area contributed by atoms with Gasteiger partial charge in [0.2, 0.25) is 0 Å². The van der Waals surface area contributed by atoms with Crippen LogP contribution in [0.25, 0.3) is 5.57 Å². The van der Waals surface area contributed by atoms with Crippen LogP contribution in [0.5, 0.6) is 0 Å². The number of aliphatic imine (C=N–C) groups is 1. The van der Waals surface area contributed by atoms with Gasteiger partial charge in [0.25, 0.3) is 5.91 Å². The number of nitrogens with zero attached hydrogens (tertiary/aromatic N) is 5. The number of carbonyl (C=O) groups is 1. The second-order valence-electron chi connectivity index (χ2n) is 13.8. The smallest absolute Gasteiger partial charge is 0.390 e. The molecule has 1 fully saturated rings.